The Bertz CT molecular complexity index is 809. The topological polar surface area (TPSA) is 59.8 Å². The lowest BCUT2D eigenvalue weighted by Crippen LogP contribution is -2.44. The first-order chi connectivity index (χ1) is 13.1. The van der Waals surface area contributed by atoms with Crippen LogP contribution in [0.15, 0.2) is 34.7 Å². The van der Waals surface area contributed by atoms with Crippen LogP contribution >= 0.6 is 0 Å². The van der Waals surface area contributed by atoms with Crippen molar-refractivity contribution in [2.45, 2.75) is 45.6 Å². The largest absolute Gasteiger partial charge is 0.455 e. The number of hydrogen-bond donors (Lipinski definition) is 0. The quantitative estimate of drug-likeness (QED) is 0.744. The van der Waals surface area contributed by atoms with E-state index < -0.39 is 0 Å². The van der Waals surface area contributed by atoms with E-state index in [1.165, 1.54) is 0 Å². The molecule has 1 unspecified atom stereocenters. The number of nitrogens with zero attached hydrogens (tertiary/aromatic N) is 1. The Morgan fingerprint density at radius 3 is 2.63 bits per heavy atom. The molecule has 144 valence electrons. The average molecular weight is 369 g/mol. The highest BCUT2D eigenvalue weighted by Crippen LogP contribution is 2.30. The predicted octanol–water partition coefficient (Wildman–Crippen LogP) is 3.83. The Morgan fingerprint density at radius 1 is 1.26 bits per heavy atom. The van der Waals surface area contributed by atoms with Crippen molar-refractivity contribution >= 4 is 11.7 Å². The second kappa shape index (κ2) is 8.53. The van der Waals surface area contributed by atoms with E-state index in [2.05, 4.69) is 12.1 Å². The van der Waals surface area contributed by atoms with E-state index in [0.29, 0.717) is 55.1 Å². The van der Waals surface area contributed by atoms with Crippen LogP contribution in [0.25, 0.3) is 0 Å². The molecule has 27 heavy (non-hydrogen) atoms. The number of carbonyl (C=O) groups is 2. The first kappa shape index (κ1) is 19.4. The molecular formula is C22H27NO4. The summed E-state index contributed by atoms with van der Waals surface area (Å²) in [5.41, 5.74) is 2.44. The molecule has 0 bridgehead atoms. The van der Waals surface area contributed by atoms with Gasteiger partial charge in [0.2, 0.25) is 0 Å². The molecule has 1 aliphatic rings. The van der Waals surface area contributed by atoms with Gasteiger partial charge in [0.05, 0.1) is 18.2 Å². The molecule has 5 nitrogen and oxygen atoms in total. The summed E-state index contributed by atoms with van der Waals surface area (Å²) in [7, 11) is 1.64. The molecule has 0 N–H and O–H groups in total. The van der Waals surface area contributed by atoms with Gasteiger partial charge in [0.15, 0.2) is 11.5 Å². The highest BCUT2D eigenvalue weighted by atomic mass is 16.5. The molecular weight excluding hydrogens is 342 g/mol. The van der Waals surface area contributed by atoms with Gasteiger partial charge in [0.1, 0.15) is 5.76 Å². The van der Waals surface area contributed by atoms with Gasteiger partial charge >= 0.3 is 0 Å². The van der Waals surface area contributed by atoms with Crippen molar-refractivity contribution in [3.8, 4) is 0 Å². The third-order valence-electron chi connectivity index (χ3n) is 5.22. The zero-order valence-electron chi connectivity index (χ0n) is 16.3. The molecule has 1 atom stereocenters. The van der Waals surface area contributed by atoms with Crippen LogP contribution in [0, 0.1) is 6.92 Å². The Labute approximate surface area is 160 Å². The summed E-state index contributed by atoms with van der Waals surface area (Å²) in [5.74, 6) is 0.869. The minimum atomic E-state index is -0.171. The molecule has 0 saturated carbocycles. The zero-order chi connectivity index (χ0) is 19.4. The number of hydrogen-bond acceptors (Lipinski definition) is 4. The molecule has 1 amide bonds. The molecule has 1 heterocycles. The van der Waals surface area contributed by atoms with E-state index in [9.17, 15) is 9.59 Å². The Morgan fingerprint density at radius 2 is 2.00 bits per heavy atom. The summed E-state index contributed by atoms with van der Waals surface area (Å²) >= 11 is 0. The molecule has 0 radical (unpaired) electrons. The number of likely N-dealkylation sites (N-methyl/N-ethyl adjacent to an activating group) is 1. The minimum Gasteiger partial charge on any atom is -0.455 e. The number of ketones is 1. The van der Waals surface area contributed by atoms with E-state index in [0.717, 1.165) is 12.0 Å². The summed E-state index contributed by atoms with van der Waals surface area (Å²) in [5, 5.41) is 0. The van der Waals surface area contributed by atoms with E-state index in [1.54, 1.807) is 12.0 Å². The van der Waals surface area contributed by atoms with Gasteiger partial charge in [-0.1, -0.05) is 30.3 Å². The number of benzene rings is 1. The first-order valence-electron chi connectivity index (χ1n) is 9.56. The summed E-state index contributed by atoms with van der Waals surface area (Å²) in [6.45, 7) is 4.75. The molecule has 0 saturated heterocycles. The summed E-state index contributed by atoms with van der Waals surface area (Å²) in [4.78, 5) is 27.3. The van der Waals surface area contributed by atoms with E-state index in [-0.39, 0.29) is 17.7 Å². The van der Waals surface area contributed by atoms with E-state index in [1.807, 2.05) is 32.0 Å². The van der Waals surface area contributed by atoms with Crippen LogP contribution in [0.2, 0.25) is 0 Å². The molecule has 1 aromatic carbocycles. The number of furan rings is 1. The van der Waals surface area contributed by atoms with Gasteiger partial charge in [-0.3, -0.25) is 9.59 Å². The number of Topliss-reactive ketones (excluding diaryl/α,β-unsaturated/α-hetero) is 1. The second-order valence-corrected chi connectivity index (χ2v) is 7.02. The standard InChI is InChI=1S/C22H27NO4/c1-4-23(17(14-26-3)13-16-9-6-5-7-10-16)22(25)21-15(2)20-18(24)11-8-12-19(20)27-21/h5-7,9-10,17H,4,8,11-14H2,1-3H3. The van der Waals surface area contributed by atoms with Crippen LogP contribution in [0.5, 0.6) is 0 Å². The number of rotatable bonds is 7. The fourth-order valence-corrected chi connectivity index (χ4v) is 3.89. The SMILES string of the molecule is CCN(C(=O)c1oc2c(c1C)C(=O)CCC2)C(COC)Cc1ccccc1. The summed E-state index contributed by atoms with van der Waals surface area (Å²) in [6, 6.07) is 9.96. The highest BCUT2D eigenvalue weighted by molar-refractivity contribution is 6.03. The van der Waals surface area contributed by atoms with Crippen molar-refractivity contribution in [3.63, 3.8) is 0 Å². The van der Waals surface area contributed by atoms with Crippen molar-refractivity contribution < 1.29 is 18.7 Å². The van der Waals surface area contributed by atoms with Crippen LogP contribution in [-0.2, 0) is 17.6 Å². The third-order valence-corrected chi connectivity index (χ3v) is 5.22. The molecule has 5 heteroatoms. The van der Waals surface area contributed by atoms with Gasteiger partial charge in [-0.2, -0.15) is 0 Å². The molecule has 1 aliphatic carbocycles. The molecule has 0 aliphatic heterocycles. The first-order valence-corrected chi connectivity index (χ1v) is 9.56. The maximum atomic E-state index is 13.3. The molecule has 1 aromatic heterocycles. The molecule has 3 rings (SSSR count). The van der Waals surface area contributed by atoms with Crippen molar-refractivity contribution in [2.24, 2.45) is 0 Å². The second-order valence-electron chi connectivity index (χ2n) is 7.02. The third kappa shape index (κ3) is 3.98. The van der Waals surface area contributed by atoms with Crippen molar-refractivity contribution in [3.05, 3.63) is 58.5 Å². The Hall–Kier alpha value is -2.40. The lowest BCUT2D eigenvalue weighted by Gasteiger charge is -2.30. The smallest absolute Gasteiger partial charge is 0.290 e. The molecule has 2 aromatic rings. The Balaban J connectivity index is 1.89. The maximum Gasteiger partial charge on any atom is 0.290 e. The van der Waals surface area contributed by atoms with Crippen molar-refractivity contribution in [1.82, 2.24) is 4.90 Å². The van der Waals surface area contributed by atoms with Gasteiger partial charge in [-0.25, -0.2) is 0 Å². The Kier molecular flexibility index (Phi) is 6.11. The van der Waals surface area contributed by atoms with Crippen LogP contribution in [0.4, 0.5) is 0 Å². The fraction of sp³-hybridized carbons (Fsp3) is 0.455. The van der Waals surface area contributed by atoms with Crippen molar-refractivity contribution in [2.75, 3.05) is 20.3 Å². The predicted molar refractivity (Wildman–Crippen MR) is 103 cm³/mol. The van der Waals surface area contributed by atoms with Gasteiger partial charge in [-0.05, 0) is 32.3 Å². The average Bonchev–Trinajstić information content (AvgIpc) is 3.01. The van der Waals surface area contributed by atoms with Gasteiger partial charge in [-0.15, -0.1) is 0 Å². The van der Waals surface area contributed by atoms with Crippen LogP contribution in [0.1, 0.15) is 57.6 Å². The number of aryl methyl sites for hydroxylation is 1. The van der Waals surface area contributed by atoms with E-state index in [4.69, 9.17) is 9.15 Å². The molecule has 0 spiro atoms. The highest BCUT2D eigenvalue weighted by Gasteiger charge is 2.32. The van der Waals surface area contributed by atoms with Crippen LogP contribution in [-0.4, -0.2) is 42.9 Å². The minimum absolute atomic E-state index is 0.0809. The lowest BCUT2D eigenvalue weighted by atomic mass is 9.94. The lowest BCUT2D eigenvalue weighted by molar-refractivity contribution is 0.0515. The fourth-order valence-electron chi connectivity index (χ4n) is 3.89. The van der Waals surface area contributed by atoms with Crippen LogP contribution in [0.3, 0.4) is 0 Å². The monoisotopic (exact) mass is 369 g/mol. The van der Waals surface area contributed by atoms with Gasteiger partial charge < -0.3 is 14.1 Å². The number of methoxy groups -OCH3 is 1. The summed E-state index contributed by atoms with van der Waals surface area (Å²) < 4.78 is 11.3. The number of fused-ring (bicyclic) bond motifs is 1. The van der Waals surface area contributed by atoms with E-state index >= 15 is 0 Å². The summed E-state index contributed by atoms with van der Waals surface area (Å²) in [6.07, 6.45) is 2.72. The molecule has 0 fully saturated rings. The van der Waals surface area contributed by atoms with Crippen molar-refractivity contribution in [1.29, 1.82) is 0 Å². The normalized spacial score (nSPS) is 14.7. The van der Waals surface area contributed by atoms with Gasteiger partial charge in [0, 0.05) is 32.1 Å². The number of carbonyl (C=O) groups excluding carboxylic acids is 2. The van der Waals surface area contributed by atoms with Gasteiger partial charge in [0.25, 0.3) is 5.91 Å². The number of amides is 1. The van der Waals surface area contributed by atoms with Crippen LogP contribution < -0.4 is 0 Å². The number of ether oxygens (including phenoxy) is 1. The zero-order valence-corrected chi connectivity index (χ0v) is 16.3. The maximum absolute atomic E-state index is 13.3.